The number of ketones is 1. The van der Waals surface area contributed by atoms with E-state index in [-0.39, 0.29) is 23.0 Å². The van der Waals surface area contributed by atoms with Crippen LogP contribution < -0.4 is 9.64 Å². The van der Waals surface area contributed by atoms with Gasteiger partial charge in [-0.2, -0.15) is 0 Å². The number of halogens is 1. The Bertz CT molecular complexity index is 1290. The van der Waals surface area contributed by atoms with Crippen molar-refractivity contribution in [3.8, 4) is 5.75 Å². The van der Waals surface area contributed by atoms with Crippen LogP contribution in [-0.2, 0) is 9.59 Å². The number of anilines is 1. The van der Waals surface area contributed by atoms with E-state index < -0.39 is 23.5 Å². The average molecular weight is 460 g/mol. The lowest BCUT2D eigenvalue weighted by Gasteiger charge is -2.26. The Morgan fingerprint density at radius 1 is 0.971 bits per heavy atom. The summed E-state index contributed by atoms with van der Waals surface area (Å²) in [6.45, 7) is 7.71. The van der Waals surface area contributed by atoms with Crippen LogP contribution >= 0.6 is 0 Å². The fraction of sp³-hybridized carbons (Fsp3) is 0.214. The molecule has 0 saturated carbocycles. The summed E-state index contributed by atoms with van der Waals surface area (Å²) in [5.41, 5.74) is 3.36. The van der Waals surface area contributed by atoms with Gasteiger partial charge in [0.15, 0.2) is 0 Å². The molecule has 1 atom stereocenters. The molecule has 3 aromatic carbocycles. The Hall–Kier alpha value is -3.93. The number of nitrogens with zero attached hydrogens (tertiary/aromatic N) is 1. The van der Waals surface area contributed by atoms with E-state index in [1.165, 1.54) is 29.2 Å². The Balaban J connectivity index is 1.94. The molecule has 34 heavy (non-hydrogen) atoms. The zero-order valence-corrected chi connectivity index (χ0v) is 19.5. The number of aliphatic hydroxyl groups is 1. The van der Waals surface area contributed by atoms with Crippen molar-refractivity contribution in [1.29, 1.82) is 0 Å². The molecule has 1 unspecified atom stereocenters. The number of aliphatic hydroxyl groups excluding tert-OH is 1. The number of carbonyl (C=O) groups is 2. The van der Waals surface area contributed by atoms with E-state index in [1.54, 1.807) is 30.3 Å². The maximum absolute atomic E-state index is 13.5. The Labute approximate surface area is 198 Å². The van der Waals surface area contributed by atoms with Gasteiger partial charge >= 0.3 is 0 Å². The maximum atomic E-state index is 13.5. The lowest BCUT2D eigenvalue weighted by atomic mass is 9.94. The highest BCUT2D eigenvalue weighted by Gasteiger charge is 2.47. The van der Waals surface area contributed by atoms with E-state index in [0.29, 0.717) is 17.0 Å². The van der Waals surface area contributed by atoms with Gasteiger partial charge in [-0.05, 0) is 92.9 Å². The predicted octanol–water partition coefficient (Wildman–Crippen LogP) is 5.86. The minimum absolute atomic E-state index is 0.0588. The van der Waals surface area contributed by atoms with Crippen molar-refractivity contribution in [3.05, 3.63) is 100 Å². The van der Waals surface area contributed by atoms with Crippen LogP contribution in [0, 0.1) is 19.7 Å². The lowest BCUT2D eigenvalue weighted by Crippen LogP contribution is -2.29. The number of carbonyl (C=O) groups excluding carboxylic acids is 2. The van der Waals surface area contributed by atoms with Gasteiger partial charge in [0.05, 0.1) is 17.7 Å². The molecule has 1 aliphatic rings. The van der Waals surface area contributed by atoms with Crippen LogP contribution in [0.25, 0.3) is 5.76 Å². The normalized spacial score (nSPS) is 17.5. The van der Waals surface area contributed by atoms with E-state index in [1.807, 2.05) is 39.8 Å². The fourth-order valence-electron chi connectivity index (χ4n) is 4.08. The fourth-order valence-corrected chi connectivity index (χ4v) is 4.08. The summed E-state index contributed by atoms with van der Waals surface area (Å²) in [6, 6.07) is 16.9. The first kappa shape index (κ1) is 23.2. The molecule has 0 aromatic heterocycles. The first-order valence-corrected chi connectivity index (χ1v) is 11.1. The second-order valence-electron chi connectivity index (χ2n) is 8.68. The molecule has 0 aliphatic carbocycles. The SMILES string of the molecule is Cc1ccc(N2C(=O)C(=O)/C(=C(/O)c3ccc(F)cc3)C2c2cccc(OC(C)C)c2)cc1C. The largest absolute Gasteiger partial charge is 0.507 e. The van der Waals surface area contributed by atoms with Gasteiger partial charge in [0, 0.05) is 11.3 Å². The number of benzene rings is 3. The number of aryl methyl sites for hydroxylation is 2. The second kappa shape index (κ2) is 9.14. The Morgan fingerprint density at radius 2 is 1.68 bits per heavy atom. The van der Waals surface area contributed by atoms with Crippen LogP contribution in [0.3, 0.4) is 0 Å². The van der Waals surface area contributed by atoms with Crippen LogP contribution in [0.15, 0.2) is 72.3 Å². The van der Waals surface area contributed by atoms with Crippen LogP contribution in [0.1, 0.15) is 42.1 Å². The number of Topliss-reactive ketones (excluding diaryl/α,β-unsaturated/α-hetero) is 1. The van der Waals surface area contributed by atoms with Crippen LogP contribution in [-0.4, -0.2) is 22.9 Å². The summed E-state index contributed by atoms with van der Waals surface area (Å²) in [5.74, 6) is -1.79. The molecular formula is C28H26FNO4. The van der Waals surface area contributed by atoms with Crippen LogP contribution in [0.4, 0.5) is 10.1 Å². The molecule has 174 valence electrons. The number of ether oxygens (including phenoxy) is 1. The minimum atomic E-state index is -0.886. The van der Waals surface area contributed by atoms with E-state index in [4.69, 9.17) is 4.74 Å². The third-order valence-electron chi connectivity index (χ3n) is 5.88. The number of rotatable bonds is 5. The number of hydrogen-bond donors (Lipinski definition) is 1. The quantitative estimate of drug-likeness (QED) is 0.295. The van der Waals surface area contributed by atoms with Crippen molar-refractivity contribution in [2.45, 2.75) is 39.8 Å². The van der Waals surface area contributed by atoms with Gasteiger partial charge in [-0.3, -0.25) is 14.5 Å². The zero-order chi connectivity index (χ0) is 24.6. The molecule has 1 aliphatic heterocycles. The molecule has 0 bridgehead atoms. The lowest BCUT2D eigenvalue weighted by molar-refractivity contribution is -0.132. The standard InChI is InChI=1S/C28H26FNO4/c1-16(2)34-23-7-5-6-20(15-23)25-24(26(31)19-9-11-21(29)12-10-19)27(32)28(33)30(25)22-13-8-17(3)18(4)14-22/h5-16,25,31H,1-4H3/b26-24+. The molecule has 1 N–H and O–H groups in total. The third-order valence-corrected chi connectivity index (χ3v) is 5.88. The highest BCUT2D eigenvalue weighted by molar-refractivity contribution is 6.51. The molecule has 4 rings (SSSR count). The van der Waals surface area contributed by atoms with Crippen LogP contribution in [0.5, 0.6) is 5.75 Å². The average Bonchev–Trinajstić information content (AvgIpc) is 3.06. The van der Waals surface area contributed by atoms with Gasteiger partial charge in [-0.25, -0.2) is 4.39 Å². The highest BCUT2D eigenvalue weighted by atomic mass is 19.1. The highest BCUT2D eigenvalue weighted by Crippen LogP contribution is 2.43. The first-order chi connectivity index (χ1) is 16.2. The van der Waals surface area contributed by atoms with E-state index in [0.717, 1.165) is 11.1 Å². The summed E-state index contributed by atoms with van der Waals surface area (Å²) in [7, 11) is 0. The summed E-state index contributed by atoms with van der Waals surface area (Å²) in [6.07, 6.45) is -0.0689. The topological polar surface area (TPSA) is 66.8 Å². The predicted molar refractivity (Wildman–Crippen MR) is 129 cm³/mol. The molecule has 0 spiro atoms. The van der Waals surface area contributed by atoms with Crippen molar-refractivity contribution in [2.24, 2.45) is 0 Å². The van der Waals surface area contributed by atoms with Gasteiger partial charge in [-0.1, -0.05) is 18.2 Å². The molecule has 0 radical (unpaired) electrons. The minimum Gasteiger partial charge on any atom is -0.507 e. The summed E-state index contributed by atoms with van der Waals surface area (Å²) >= 11 is 0. The first-order valence-electron chi connectivity index (χ1n) is 11.1. The van der Waals surface area contributed by atoms with Crippen molar-refractivity contribution >= 4 is 23.1 Å². The molecule has 1 heterocycles. The van der Waals surface area contributed by atoms with E-state index in [9.17, 15) is 19.1 Å². The molecule has 1 amide bonds. The smallest absolute Gasteiger partial charge is 0.300 e. The molecular weight excluding hydrogens is 433 g/mol. The molecule has 3 aromatic rings. The molecule has 1 saturated heterocycles. The molecule has 1 fully saturated rings. The van der Waals surface area contributed by atoms with Gasteiger partial charge in [-0.15, -0.1) is 0 Å². The summed E-state index contributed by atoms with van der Waals surface area (Å²) in [5, 5.41) is 11.1. The van der Waals surface area contributed by atoms with Gasteiger partial charge in [0.1, 0.15) is 17.3 Å². The monoisotopic (exact) mass is 459 g/mol. The van der Waals surface area contributed by atoms with Crippen molar-refractivity contribution in [3.63, 3.8) is 0 Å². The van der Waals surface area contributed by atoms with Crippen molar-refractivity contribution in [1.82, 2.24) is 0 Å². The maximum Gasteiger partial charge on any atom is 0.300 e. The molecule has 6 heteroatoms. The van der Waals surface area contributed by atoms with Gasteiger partial charge < -0.3 is 9.84 Å². The second-order valence-corrected chi connectivity index (χ2v) is 8.68. The van der Waals surface area contributed by atoms with Crippen molar-refractivity contribution < 1.29 is 23.8 Å². The number of amides is 1. The number of hydrogen-bond acceptors (Lipinski definition) is 4. The Morgan fingerprint density at radius 3 is 2.32 bits per heavy atom. The molecule has 5 nitrogen and oxygen atoms in total. The van der Waals surface area contributed by atoms with Crippen molar-refractivity contribution in [2.75, 3.05) is 4.90 Å². The van der Waals surface area contributed by atoms with Crippen LogP contribution in [0.2, 0.25) is 0 Å². The van der Waals surface area contributed by atoms with Gasteiger partial charge in [0.2, 0.25) is 0 Å². The van der Waals surface area contributed by atoms with E-state index in [2.05, 4.69) is 0 Å². The summed E-state index contributed by atoms with van der Waals surface area (Å²) in [4.78, 5) is 27.9. The Kier molecular flexibility index (Phi) is 6.24. The van der Waals surface area contributed by atoms with E-state index >= 15 is 0 Å². The van der Waals surface area contributed by atoms with Gasteiger partial charge in [0.25, 0.3) is 11.7 Å². The summed E-state index contributed by atoms with van der Waals surface area (Å²) < 4.78 is 19.3. The zero-order valence-electron chi connectivity index (χ0n) is 19.5. The third kappa shape index (κ3) is 4.31.